The lowest BCUT2D eigenvalue weighted by atomic mass is 10.2. The first-order valence-corrected chi connectivity index (χ1v) is 5.05. The van der Waals surface area contributed by atoms with Crippen molar-refractivity contribution in [3.05, 3.63) is 28.0 Å². The van der Waals surface area contributed by atoms with Gasteiger partial charge in [0.1, 0.15) is 0 Å². The van der Waals surface area contributed by atoms with Crippen LogP contribution in [0.25, 0.3) is 0 Å². The zero-order chi connectivity index (χ0) is 12.0. The fourth-order valence-corrected chi connectivity index (χ4v) is 1.20. The average Bonchev–Trinajstić information content (AvgIpc) is 2.22. The molecule has 0 bridgehead atoms. The Balaban J connectivity index is 2.56. The quantitative estimate of drug-likeness (QED) is 0.504. The standard InChI is InChI=1S/C10H15N3O3/c1-2-11-3-4-12-10(16)7-5-8(14)13-9(15)6-7/h5-6,11H,2-4H2,1H3,(H,12,16)(H2,13,14,15). The normalized spacial score (nSPS) is 10.1. The van der Waals surface area contributed by atoms with Gasteiger partial charge < -0.3 is 15.7 Å². The van der Waals surface area contributed by atoms with Gasteiger partial charge in [0.05, 0.1) is 5.56 Å². The minimum absolute atomic E-state index is 0.151. The molecule has 0 spiro atoms. The first-order valence-electron chi connectivity index (χ1n) is 5.05. The van der Waals surface area contributed by atoms with Crippen molar-refractivity contribution < 1.29 is 9.90 Å². The number of rotatable bonds is 5. The summed E-state index contributed by atoms with van der Waals surface area (Å²) in [6.07, 6.45) is 0. The fourth-order valence-electron chi connectivity index (χ4n) is 1.20. The van der Waals surface area contributed by atoms with Gasteiger partial charge in [0.25, 0.3) is 11.5 Å². The van der Waals surface area contributed by atoms with Gasteiger partial charge in [-0.05, 0) is 6.54 Å². The molecule has 0 fully saturated rings. The Morgan fingerprint density at radius 3 is 2.81 bits per heavy atom. The Labute approximate surface area is 92.7 Å². The molecule has 88 valence electrons. The largest absolute Gasteiger partial charge is 0.494 e. The molecule has 0 aliphatic carbocycles. The number of carbonyl (C=O) groups is 1. The molecule has 0 aliphatic heterocycles. The van der Waals surface area contributed by atoms with E-state index in [1.54, 1.807) is 0 Å². The van der Waals surface area contributed by atoms with Crippen molar-refractivity contribution in [2.24, 2.45) is 0 Å². The van der Waals surface area contributed by atoms with Crippen LogP contribution in [0.5, 0.6) is 5.88 Å². The van der Waals surface area contributed by atoms with E-state index in [9.17, 15) is 9.59 Å². The molecule has 1 aromatic rings. The minimum Gasteiger partial charge on any atom is -0.494 e. The lowest BCUT2D eigenvalue weighted by Crippen LogP contribution is -2.32. The second-order valence-electron chi connectivity index (χ2n) is 3.23. The number of hydrogen-bond donors (Lipinski definition) is 4. The third-order valence-electron chi connectivity index (χ3n) is 1.93. The fraction of sp³-hybridized carbons (Fsp3) is 0.400. The summed E-state index contributed by atoms with van der Waals surface area (Å²) in [5.74, 6) is -0.691. The number of aromatic amines is 1. The van der Waals surface area contributed by atoms with Crippen molar-refractivity contribution in [1.82, 2.24) is 15.6 Å². The number of aromatic hydroxyl groups is 1. The molecule has 1 rings (SSSR count). The molecule has 0 saturated carbocycles. The second-order valence-corrected chi connectivity index (χ2v) is 3.23. The number of pyridine rings is 1. The molecule has 4 N–H and O–H groups in total. The number of amides is 1. The van der Waals surface area contributed by atoms with E-state index in [0.717, 1.165) is 12.6 Å². The lowest BCUT2D eigenvalue weighted by Gasteiger charge is -2.05. The van der Waals surface area contributed by atoms with Crippen molar-refractivity contribution in [3.8, 4) is 5.88 Å². The van der Waals surface area contributed by atoms with Crippen molar-refractivity contribution >= 4 is 5.91 Å². The molecule has 0 aromatic carbocycles. The third-order valence-corrected chi connectivity index (χ3v) is 1.93. The van der Waals surface area contributed by atoms with Crippen LogP contribution in [-0.4, -0.2) is 35.6 Å². The molecular formula is C10H15N3O3. The van der Waals surface area contributed by atoms with E-state index in [-0.39, 0.29) is 17.4 Å². The number of carbonyl (C=O) groups excluding carboxylic acids is 1. The molecule has 1 heterocycles. The monoisotopic (exact) mass is 225 g/mol. The van der Waals surface area contributed by atoms with Crippen LogP contribution in [0, 0.1) is 0 Å². The SMILES string of the molecule is CCNCCNC(=O)c1cc(O)[nH]c(=O)c1. The number of aromatic nitrogens is 1. The van der Waals surface area contributed by atoms with Crippen molar-refractivity contribution in [1.29, 1.82) is 0 Å². The van der Waals surface area contributed by atoms with E-state index in [0.29, 0.717) is 13.1 Å². The molecule has 0 atom stereocenters. The molecular weight excluding hydrogens is 210 g/mol. The van der Waals surface area contributed by atoms with Gasteiger partial charge in [-0.15, -0.1) is 0 Å². The Morgan fingerprint density at radius 1 is 1.44 bits per heavy atom. The Hall–Kier alpha value is -1.82. The predicted octanol–water partition coefficient (Wildman–Crippen LogP) is -0.580. The Kier molecular flexibility index (Phi) is 4.53. The summed E-state index contributed by atoms with van der Waals surface area (Å²) in [6, 6.07) is 2.35. The van der Waals surface area contributed by atoms with Crippen molar-refractivity contribution in [3.63, 3.8) is 0 Å². The molecule has 6 heteroatoms. The second kappa shape index (κ2) is 5.92. The van der Waals surface area contributed by atoms with Gasteiger partial charge in [0, 0.05) is 25.2 Å². The van der Waals surface area contributed by atoms with Crippen LogP contribution in [-0.2, 0) is 0 Å². The van der Waals surface area contributed by atoms with Crippen LogP contribution in [0.1, 0.15) is 17.3 Å². The maximum Gasteiger partial charge on any atom is 0.251 e. The Bertz CT molecular complexity index is 414. The number of hydrogen-bond acceptors (Lipinski definition) is 4. The van der Waals surface area contributed by atoms with Gasteiger partial charge >= 0.3 is 0 Å². The molecule has 16 heavy (non-hydrogen) atoms. The molecule has 0 unspecified atom stereocenters. The van der Waals surface area contributed by atoms with E-state index in [1.807, 2.05) is 6.92 Å². The van der Waals surface area contributed by atoms with Crippen molar-refractivity contribution in [2.75, 3.05) is 19.6 Å². The van der Waals surface area contributed by atoms with E-state index in [4.69, 9.17) is 5.11 Å². The number of nitrogens with one attached hydrogen (secondary N) is 3. The first kappa shape index (κ1) is 12.3. The molecule has 0 saturated heterocycles. The molecule has 1 amide bonds. The van der Waals surface area contributed by atoms with Gasteiger partial charge in [0.2, 0.25) is 0 Å². The van der Waals surface area contributed by atoms with Gasteiger partial charge in [-0.1, -0.05) is 6.92 Å². The van der Waals surface area contributed by atoms with E-state index in [1.165, 1.54) is 6.07 Å². The van der Waals surface area contributed by atoms with Gasteiger partial charge in [-0.2, -0.15) is 0 Å². The van der Waals surface area contributed by atoms with Crippen LogP contribution in [0.4, 0.5) is 0 Å². The number of likely N-dealkylation sites (N-methyl/N-ethyl adjacent to an activating group) is 1. The predicted molar refractivity (Wildman–Crippen MR) is 59.6 cm³/mol. The van der Waals surface area contributed by atoms with E-state index >= 15 is 0 Å². The topological polar surface area (TPSA) is 94.2 Å². The lowest BCUT2D eigenvalue weighted by molar-refractivity contribution is 0.0953. The van der Waals surface area contributed by atoms with Crippen LogP contribution in [0.15, 0.2) is 16.9 Å². The first-order chi connectivity index (χ1) is 7.63. The van der Waals surface area contributed by atoms with Crippen LogP contribution >= 0.6 is 0 Å². The summed E-state index contributed by atoms with van der Waals surface area (Å²) < 4.78 is 0. The summed E-state index contributed by atoms with van der Waals surface area (Å²) in [5.41, 5.74) is -0.352. The van der Waals surface area contributed by atoms with Crippen molar-refractivity contribution in [2.45, 2.75) is 6.92 Å². The van der Waals surface area contributed by atoms with Crippen LogP contribution < -0.4 is 16.2 Å². The highest BCUT2D eigenvalue weighted by Crippen LogP contribution is 2.03. The van der Waals surface area contributed by atoms with Gasteiger partial charge in [0.15, 0.2) is 5.88 Å². The summed E-state index contributed by atoms with van der Waals surface area (Å²) in [6.45, 7) is 3.94. The molecule has 0 aliphatic rings. The maximum absolute atomic E-state index is 11.5. The highest BCUT2D eigenvalue weighted by atomic mass is 16.3. The summed E-state index contributed by atoms with van der Waals surface area (Å²) in [4.78, 5) is 24.6. The zero-order valence-electron chi connectivity index (χ0n) is 9.04. The molecule has 0 radical (unpaired) electrons. The molecule has 6 nitrogen and oxygen atoms in total. The minimum atomic E-state index is -0.503. The zero-order valence-corrected chi connectivity index (χ0v) is 9.04. The summed E-state index contributed by atoms with van der Waals surface area (Å²) in [5, 5.41) is 14.8. The van der Waals surface area contributed by atoms with E-state index < -0.39 is 5.56 Å². The molecule has 1 aromatic heterocycles. The summed E-state index contributed by atoms with van der Waals surface area (Å²) >= 11 is 0. The highest BCUT2D eigenvalue weighted by molar-refractivity contribution is 5.94. The maximum atomic E-state index is 11.5. The smallest absolute Gasteiger partial charge is 0.251 e. The van der Waals surface area contributed by atoms with Crippen LogP contribution in [0.2, 0.25) is 0 Å². The van der Waals surface area contributed by atoms with Gasteiger partial charge in [-0.3, -0.25) is 14.6 Å². The van der Waals surface area contributed by atoms with E-state index in [2.05, 4.69) is 15.6 Å². The van der Waals surface area contributed by atoms with Gasteiger partial charge in [-0.25, -0.2) is 0 Å². The number of H-pyrrole nitrogens is 1. The Morgan fingerprint density at radius 2 is 2.19 bits per heavy atom. The third kappa shape index (κ3) is 3.74. The summed E-state index contributed by atoms with van der Waals surface area (Å²) in [7, 11) is 0. The van der Waals surface area contributed by atoms with Crippen LogP contribution in [0.3, 0.4) is 0 Å². The highest BCUT2D eigenvalue weighted by Gasteiger charge is 2.06. The average molecular weight is 225 g/mol.